The fourth-order valence-corrected chi connectivity index (χ4v) is 3.23. The highest BCUT2D eigenvalue weighted by atomic mass is 16.7. The van der Waals surface area contributed by atoms with E-state index < -0.39 is 0 Å². The lowest BCUT2D eigenvalue weighted by Gasteiger charge is -2.13. The Bertz CT molecular complexity index is 947. The second kappa shape index (κ2) is 6.79. The molecule has 2 heterocycles. The number of aryl methyl sites for hydroxylation is 1. The smallest absolute Gasteiger partial charge is 0.278 e. The van der Waals surface area contributed by atoms with Crippen LogP contribution in [0.5, 0.6) is 11.5 Å². The Hall–Kier alpha value is -3.28. The summed E-state index contributed by atoms with van der Waals surface area (Å²) in [4.78, 5) is 27.2. The van der Waals surface area contributed by atoms with Gasteiger partial charge in [-0.05, 0) is 31.0 Å². The van der Waals surface area contributed by atoms with Crippen LogP contribution in [0.3, 0.4) is 0 Å². The third-order valence-electron chi connectivity index (χ3n) is 4.60. The molecule has 0 fully saturated rings. The van der Waals surface area contributed by atoms with E-state index in [0.29, 0.717) is 35.7 Å². The molecular formula is C21H20N2O4. The molecule has 0 aromatic heterocycles. The maximum absolute atomic E-state index is 12.9. The van der Waals surface area contributed by atoms with Crippen molar-refractivity contribution < 1.29 is 19.1 Å². The lowest BCUT2D eigenvalue weighted by molar-refractivity contribution is -0.136. The highest BCUT2D eigenvalue weighted by Crippen LogP contribution is 2.36. The average Bonchev–Trinajstić information content (AvgIpc) is 3.21. The van der Waals surface area contributed by atoms with Gasteiger partial charge in [0.05, 0.1) is 5.57 Å². The number of rotatable bonds is 5. The van der Waals surface area contributed by atoms with Gasteiger partial charge in [-0.1, -0.05) is 36.8 Å². The van der Waals surface area contributed by atoms with Gasteiger partial charge >= 0.3 is 0 Å². The zero-order chi connectivity index (χ0) is 19.0. The Balaban J connectivity index is 1.75. The fraction of sp³-hybridized carbons (Fsp3) is 0.238. The quantitative estimate of drug-likeness (QED) is 0.825. The Morgan fingerprint density at radius 1 is 1.00 bits per heavy atom. The normalized spacial score (nSPS) is 15.7. The number of imide groups is 1. The standard InChI is InChI=1S/C21H20N2O4/c1-3-10-23-20(24)18(14-6-4-13(2)5-7-14)19(21(23)25)22-15-8-9-16-17(11-15)27-12-26-16/h4-9,11,22H,3,10,12H2,1-2H3. The number of carbonyl (C=O) groups is 2. The largest absolute Gasteiger partial charge is 0.454 e. The van der Waals surface area contributed by atoms with E-state index >= 15 is 0 Å². The summed E-state index contributed by atoms with van der Waals surface area (Å²) < 4.78 is 10.7. The van der Waals surface area contributed by atoms with Crippen LogP contribution < -0.4 is 14.8 Å². The van der Waals surface area contributed by atoms with Crippen LogP contribution in [0.4, 0.5) is 5.69 Å². The van der Waals surface area contributed by atoms with Gasteiger partial charge in [0.2, 0.25) is 6.79 Å². The molecule has 0 bridgehead atoms. The molecule has 2 aliphatic rings. The van der Waals surface area contributed by atoms with Gasteiger partial charge < -0.3 is 14.8 Å². The second-order valence-corrected chi connectivity index (χ2v) is 6.57. The summed E-state index contributed by atoms with van der Waals surface area (Å²) in [6.45, 7) is 4.49. The molecule has 0 saturated heterocycles. The molecule has 0 radical (unpaired) electrons. The van der Waals surface area contributed by atoms with Gasteiger partial charge in [-0.25, -0.2) is 0 Å². The minimum atomic E-state index is -0.310. The van der Waals surface area contributed by atoms with Crippen LogP contribution >= 0.6 is 0 Å². The number of nitrogens with zero attached hydrogens (tertiary/aromatic N) is 1. The van der Waals surface area contributed by atoms with Crippen molar-refractivity contribution in [2.45, 2.75) is 20.3 Å². The van der Waals surface area contributed by atoms with Gasteiger partial charge in [-0.2, -0.15) is 0 Å². The van der Waals surface area contributed by atoms with E-state index in [1.54, 1.807) is 18.2 Å². The monoisotopic (exact) mass is 364 g/mol. The third kappa shape index (κ3) is 3.03. The molecule has 0 aliphatic carbocycles. The van der Waals surface area contributed by atoms with Gasteiger partial charge in [-0.15, -0.1) is 0 Å². The number of nitrogens with one attached hydrogen (secondary N) is 1. The van der Waals surface area contributed by atoms with Crippen LogP contribution in [0.25, 0.3) is 5.57 Å². The van der Waals surface area contributed by atoms with Crippen molar-refractivity contribution in [3.05, 3.63) is 59.3 Å². The molecule has 6 nitrogen and oxygen atoms in total. The molecule has 0 unspecified atom stereocenters. The van der Waals surface area contributed by atoms with Gasteiger partial charge in [0.1, 0.15) is 5.70 Å². The average molecular weight is 364 g/mol. The first-order valence-electron chi connectivity index (χ1n) is 8.92. The third-order valence-corrected chi connectivity index (χ3v) is 4.60. The number of amides is 2. The molecule has 138 valence electrons. The number of benzene rings is 2. The van der Waals surface area contributed by atoms with Crippen LogP contribution in [-0.4, -0.2) is 30.1 Å². The topological polar surface area (TPSA) is 67.9 Å². The summed E-state index contributed by atoms with van der Waals surface area (Å²) in [6.07, 6.45) is 0.704. The summed E-state index contributed by atoms with van der Waals surface area (Å²) in [6, 6.07) is 12.9. The van der Waals surface area contributed by atoms with Crippen molar-refractivity contribution in [2.75, 3.05) is 18.7 Å². The van der Waals surface area contributed by atoms with Crippen LogP contribution in [0, 0.1) is 6.92 Å². The van der Waals surface area contributed by atoms with E-state index in [0.717, 1.165) is 11.1 Å². The van der Waals surface area contributed by atoms with Crippen molar-refractivity contribution in [1.29, 1.82) is 0 Å². The zero-order valence-corrected chi connectivity index (χ0v) is 15.2. The Morgan fingerprint density at radius 3 is 2.48 bits per heavy atom. The van der Waals surface area contributed by atoms with Crippen LogP contribution in [-0.2, 0) is 9.59 Å². The van der Waals surface area contributed by atoms with E-state index in [9.17, 15) is 9.59 Å². The minimum Gasteiger partial charge on any atom is -0.454 e. The highest BCUT2D eigenvalue weighted by molar-refractivity contribution is 6.36. The fourth-order valence-electron chi connectivity index (χ4n) is 3.23. The van der Waals surface area contributed by atoms with E-state index in [-0.39, 0.29) is 24.3 Å². The first-order chi connectivity index (χ1) is 13.1. The minimum absolute atomic E-state index is 0.178. The summed E-state index contributed by atoms with van der Waals surface area (Å²) in [5.74, 6) is 0.693. The first kappa shape index (κ1) is 17.1. The summed E-state index contributed by atoms with van der Waals surface area (Å²) in [7, 11) is 0. The number of fused-ring (bicyclic) bond motifs is 1. The molecular weight excluding hydrogens is 344 g/mol. The van der Waals surface area contributed by atoms with E-state index in [1.165, 1.54) is 4.90 Å². The number of hydrogen-bond acceptors (Lipinski definition) is 5. The predicted octanol–water partition coefficient (Wildman–Crippen LogP) is 3.33. The maximum Gasteiger partial charge on any atom is 0.278 e. The Kier molecular flexibility index (Phi) is 4.32. The molecule has 6 heteroatoms. The molecule has 4 rings (SSSR count). The van der Waals surface area contributed by atoms with Crippen molar-refractivity contribution in [3.8, 4) is 11.5 Å². The molecule has 2 aromatic rings. The molecule has 2 aliphatic heterocycles. The van der Waals surface area contributed by atoms with Crippen molar-refractivity contribution in [1.82, 2.24) is 4.90 Å². The molecule has 2 amide bonds. The summed E-state index contributed by atoms with van der Waals surface area (Å²) in [5, 5.41) is 3.13. The maximum atomic E-state index is 12.9. The van der Waals surface area contributed by atoms with E-state index in [2.05, 4.69) is 5.32 Å². The molecule has 1 N–H and O–H groups in total. The van der Waals surface area contributed by atoms with E-state index in [4.69, 9.17) is 9.47 Å². The van der Waals surface area contributed by atoms with Gasteiger partial charge in [0, 0.05) is 18.3 Å². The predicted molar refractivity (Wildman–Crippen MR) is 101 cm³/mol. The number of hydrogen-bond donors (Lipinski definition) is 1. The molecule has 0 spiro atoms. The van der Waals surface area contributed by atoms with Crippen LogP contribution in [0.2, 0.25) is 0 Å². The molecule has 0 atom stereocenters. The van der Waals surface area contributed by atoms with Crippen molar-refractivity contribution in [2.24, 2.45) is 0 Å². The van der Waals surface area contributed by atoms with Crippen LogP contribution in [0.1, 0.15) is 24.5 Å². The van der Waals surface area contributed by atoms with Gasteiger partial charge in [0.25, 0.3) is 11.8 Å². The number of ether oxygens (including phenoxy) is 2. The number of anilines is 1. The molecule has 0 saturated carbocycles. The van der Waals surface area contributed by atoms with E-state index in [1.807, 2.05) is 38.1 Å². The molecule has 2 aromatic carbocycles. The Morgan fingerprint density at radius 2 is 1.74 bits per heavy atom. The summed E-state index contributed by atoms with van der Waals surface area (Å²) >= 11 is 0. The number of carbonyl (C=O) groups excluding carboxylic acids is 2. The Labute approximate surface area is 157 Å². The SMILES string of the molecule is CCCN1C(=O)C(Nc2ccc3c(c2)OCO3)=C(c2ccc(C)cc2)C1=O. The summed E-state index contributed by atoms with van der Waals surface area (Å²) in [5.41, 5.74) is 3.16. The van der Waals surface area contributed by atoms with Crippen molar-refractivity contribution >= 4 is 23.1 Å². The van der Waals surface area contributed by atoms with Gasteiger partial charge in [0.15, 0.2) is 11.5 Å². The second-order valence-electron chi connectivity index (χ2n) is 6.57. The lowest BCUT2D eigenvalue weighted by atomic mass is 10.0. The molecule has 27 heavy (non-hydrogen) atoms. The van der Waals surface area contributed by atoms with Gasteiger partial charge in [-0.3, -0.25) is 14.5 Å². The van der Waals surface area contributed by atoms with Crippen molar-refractivity contribution in [3.63, 3.8) is 0 Å². The van der Waals surface area contributed by atoms with Crippen LogP contribution in [0.15, 0.2) is 48.2 Å². The zero-order valence-electron chi connectivity index (χ0n) is 15.2. The lowest BCUT2D eigenvalue weighted by Crippen LogP contribution is -2.33. The highest BCUT2D eigenvalue weighted by Gasteiger charge is 2.38. The first-order valence-corrected chi connectivity index (χ1v) is 8.92.